The predicted octanol–water partition coefficient (Wildman–Crippen LogP) is 1.34. The molecular weight excluding hydrogens is 222 g/mol. The largest absolute Gasteiger partial charge is 0.505 e. The average molecular weight is 233 g/mol. The highest BCUT2D eigenvalue weighted by Crippen LogP contribution is 2.28. The van der Waals surface area contributed by atoms with Crippen LogP contribution in [-0.4, -0.2) is 33.4 Å². The van der Waals surface area contributed by atoms with Crippen molar-refractivity contribution in [2.24, 2.45) is 0 Å². The van der Waals surface area contributed by atoms with Crippen LogP contribution in [0.25, 0.3) is 11.6 Å². The Bertz CT molecular complexity index is 520. The van der Waals surface area contributed by atoms with Crippen LogP contribution in [0, 0.1) is 0 Å². The van der Waals surface area contributed by atoms with Crippen molar-refractivity contribution in [2.45, 2.75) is 12.3 Å². The van der Waals surface area contributed by atoms with E-state index in [0.29, 0.717) is 18.1 Å². The lowest BCUT2D eigenvalue weighted by atomic mass is 10.1. The van der Waals surface area contributed by atoms with Crippen molar-refractivity contribution < 1.29 is 14.4 Å². The first-order valence-corrected chi connectivity index (χ1v) is 5.40. The molecule has 0 saturated carbocycles. The van der Waals surface area contributed by atoms with E-state index in [0.717, 1.165) is 13.0 Å². The molecule has 0 aromatic carbocycles. The van der Waals surface area contributed by atoms with Gasteiger partial charge in [0.2, 0.25) is 0 Å². The molecule has 1 aliphatic heterocycles. The molecule has 1 atom stereocenters. The molecule has 6 nitrogen and oxygen atoms in total. The third-order valence-corrected chi connectivity index (χ3v) is 2.73. The Morgan fingerprint density at radius 3 is 3.12 bits per heavy atom. The van der Waals surface area contributed by atoms with Gasteiger partial charge < -0.3 is 14.4 Å². The number of ether oxygens (including phenoxy) is 1. The molecule has 2 aromatic heterocycles. The molecule has 1 saturated heterocycles. The van der Waals surface area contributed by atoms with E-state index in [-0.39, 0.29) is 17.6 Å². The zero-order valence-electron chi connectivity index (χ0n) is 9.04. The maximum atomic E-state index is 9.62. The van der Waals surface area contributed by atoms with Crippen LogP contribution < -0.4 is 0 Å². The van der Waals surface area contributed by atoms with Gasteiger partial charge in [0.25, 0.3) is 5.89 Å². The van der Waals surface area contributed by atoms with E-state index in [1.165, 1.54) is 6.07 Å². The van der Waals surface area contributed by atoms with Crippen LogP contribution in [0.3, 0.4) is 0 Å². The normalized spacial score (nSPS) is 19.6. The molecule has 2 aromatic rings. The number of nitrogens with zero attached hydrogens (tertiary/aromatic N) is 3. The number of hydrogen-bond donors (Lipinski definition) is 1. The van der Waals surface area contributed by atoms with Gasteiger partial charge in [-0.2, -0.15) is 4.98 Å². The Labute approximate surface area is 97.3 Å². The summed E-state index contributed by atoms with van der Waals surface area (Å²) >= 11 is 0. The maximum Gasteiger partial charge on any atom is 0.280 e. The van der Waals surface area contributed by atoms with Gasteiger partial charge in [0.1, 0.15) is 5.75 Å². The fraction of sp³-hybridized carbons (Fsp3) is 0.364. The second-order valence-electron chi connectivity index (χ2n) is 3.89. The third-order valence-electron chi connectivity index (χ3n) is 2.73. The fourth-order valence-electron chi connectivity index (χ4n) is 1.80. The Morgan fingerprint density at radius 2 is 2.35 bits per heavy atom. The quantitative estimate of drug-likeness (QED) is 0.842. The molecule has 3 heterocycles. The fourth-order valence-corrected chi connectivity index (χ4v) is 1.80. The van der Waals surface area contributed by atoms with E-state index in [4.69, 9.17) is 9.26 Å². The topological polar surface area (TPSA) is 81.3 Å². The molecule has 0 bridgehead atoms. The second kappa shape index (κ2) is 4.14. The van der Waals surface area contributed by atoms with Gasteiger partial charge in [-0.15, -0.1) is 0 Å². The Morgan fingerprint density at radius 1 is 1.41 bits per heavy atom. The van der Waals surface area contributed by atoms with Crippen molar-refractivity contribution in [3.8, 4) is 17.3 Å². The molecule has 17 heavy (non-hydrogen) atoms. The number of pyridine rings is 1. The average Bonchev–Trinajstić information content (AvgIpc) is 3.00. The zero-order chi connectivity index (χ0) is 11.7. The summed E-state index contributed by atoms with van der Waals surface area (Å²) in [7, 11) is 0. The molecule has 1 aliphatic rings. The van der Waals surface area contributed by atoms with Crippen molar-refractivity contribution in [3.05, 3.63) is 24.2 Å². The summed E-state index contributed by atoms with van der Waals surface area (Å²) in [4.78, 5) is 8.25. The van der Waals surface area contributed by atoms with Gasteiger partial charge in [0.15, 0.2) is 11.5 Å². The van der Waals surface area contributed by atoms with Gasteiger partial charge >= 0.3 is 0 Å². The highest BCUT2D eigenvalue weighted by molar-refractivity contribution is 5.55. The molecule has 1 N–H and O–H groups in total. The zero-order valence-corrected chi connectivity index (χ0v) is 9.04. The van der Waals surface area contributed by atoms with Gasteiger partial charge in [-0.1, -0.05) is 5.16 Å². The first-order valence-electron chi connectivity index (χ1n) is 5.40. The maximum absolute atomic E-state index is 9.62. The smallest absolute Gasteiger partial charge is 0.280 e. The summed E-state index contributed by atoms with van der Waals surface area (Å²) in [6, 6.07) is 3.17. The van der Waals surface area contributed by atoms with E-state index in [1.54, 1.807) is 12.3 Å². The standard InChI is InChI=1S/C11H11N3O3/c15-8-2-1-4-12-9(8)11-13-10(14-17-11)7-3-5-16-6-7/h1-2,4,7,15H,3,5-6H2. The predicted molar refractivity (Wildman–Crippen MR) is 57.4 cm³/mol. The van der Waals surface area contributed by atoms with Crippen LogP contribution in [0.4, 0.5) is 0 Å². The number of hydrogen-bond acceptors (Lipinski definition) is 6. The molecule has 3 rings (SSSR count). The molecular formula is C11H11N3O3. The van der Waals surface area contributed by atoms with Crippen LogP contribution >= 0.6 is 0 Å². The lowest BCUT2D eigenvalue weighted by molar-refractivity contribution is 0.192. The minimum atomic E-state index is 0.0328. The van der Waals surface area contributed by atoms with Crippen molar-refractivity contribution >= 4 is 0 Å². The highest BCUT2D eigenvalue weighted by Gasteiger charge is 2.24. The third kappa shape index (κ3) is 1.87. The van der Waals surface area contributed by atoms with Crippen LogP contribution in [0.2, 0.25) is 0 Å². The van der Waals surface area contributed by atoms with Gasteiger partial charge in [-0.25, -0.2) is 4.98 Å². The number of aromatic nitrogens is 3. The summed E-state index contributed by atoms with van der Waals surface area (Å²) in [5, 5.41) is 13.5. The van der Waals surface area contributed by atoms with Gasteiger partial charge in [-0.3, -0.25) is 0 Å². The monoisotopic (exact) mass is 233 g/mol. The molecule has 1 unspecified atom stereocenters. The van der Waals surface area contributed by atoms with Crippen LogP contribution in [0.5, 0.6) is 5.75 Å². The number of aromatic hydroxyl groups is 1. The second-order valence-corrected chi connectivity index (χ2v) is 3.89. The minimum Gasteiger partial charge on any atom is -0.505 e. The summed E-state index contributed by atoms with van der Waals surface area (Å²) in [6.45, 7) is 1.34. The lowest BCUT2D eigenvalue weighted by Gasteiger charge is -1.98. The van der Waals surface area contributed by atoms with Crippen LogP contribution in [-0.2, 0) is 4.74 Å². The van der Waals surface area contributed by atoms with Gasteiger partial charge in [0, 0.05) is 18.7 Å². The molecule has 0 aliphatic carbocycles. The van der Waals surface area contributed by atoms with Crippen molar-refractivity contribution in [1.82, 2.24) is 15.1 Å². The molecule has 1 fully saturated rings. The van der Waals surface area contributed by atoms with Crippen molar-refractivity contribution in [1.29, 1.82) is 0 Å². The summed E-state index contributed by atoms with van der Waals surface area (Å²) < 4.78 is 10.4. The highest BCUT2D eigenvalue weighted by atomic mass is 16.5. The Balaban J connectivity index is 1.92. The van der Waals surface area contributed by atoms with Gasteiger partial charge in [-0.05, 0) is 18.6 Å². The minimum absolute atomic E-state index is 0.0328. The van der Waals surface area contributed by atoms with E-state index in [1.807, 2.05) is 0 Å². The van der Waals surface area contributed by atoms with E-state index in [9.17, 15) is 5.11 Å². The van der Waals surface area contributed by atoms with Crippen molar-refractivity contribution in [2.75, 3.05) is 13.2 Å². The Hall–Kier alpha value is -1.95. The SMILES string of the molecule is Oc1cccnc1-c1nc(C2CCOC2)no1. The molecule has 0 spiro atoms. The molecule has 6 heteroatoms. The first kappa shape index (κ1) is 10.2. The number of rotatable bonds is 2. The lowest BCUT2D eigenvalue weighted by Crippen LogP contribution is -1.99. The van der Waals surface area contributed by atoms with Crippen LogP contribution in [0.1, 0.15) is 18.2 Å². The summed E-state index contributed by atoms with van der Waals surface area (Å²) in [5.74, 6) is 1.07. The summed E-state index contributed by atoms with van der Waals surface area (Å²) in [6.07, 6.45) is 2.46. The Kier molecular flexibility index (Phi) is 2.49. The first-order chi connectivity index (χ1) is 8.34. The van der Waals surface area contributed by atoms with Crippen molar-refractivity contribution in [3.63, 3.8) is 0 Å². The molecule has 88 valence electrons. The van der Waals surface area contributed by atoms with E-state index < -0.39 is 0 Å². The van der Waals surface area contributed by atoms with Crippen LogP contribution in [0.15, 0.2) is 22.9 Å². The van der Waals surface area contributed by atoms with E-state index >= 15 is 0 Å². The van der Waals surface area contributed by atoms with Gasteiger partial charge in [0.05, 0.1) is 6.61 Å². The molecule has 0 amide bonds. The van der Waals surface area contributed by atoms with E-state index in [2.05, 4.69) is 15.1 Å². The molecule has 0 radical (unpaired) electrons. The summed E-state index contributed by atoms with van der Waals surface area (Å²) in [5.41, 5.74) is 0.310.